The standard InChI is InChI=1S/C24H27FN2O/c25-20-9-5-4-8-19(20)16-10-12-17(13-11-16)23-21-14-27(15-22(23)26-21)24(28)18-6-2-1-3-7-18/h4-5,8-13,18,21-23,26H,1-3,6-7,14-15H2/t21-,22+,23?. The van der Waals surface area contributed by atoms with E-state index < -0.39 is 0 Å². The Morgan fingerprint density at radius 2 is 1.61 bits per heavy atom. The molecule has 4 heteroatoms. The van der Waals surface area contributed by atoms with Gasteiger partial charge in [-0.05, 0) is 30.0 Å². The Morgan fingerprint density at radius 1 is 0.929 bits per heavy atom. The second kappa shape index (κ2) is 7.32. The van der Waals surface area contributed by atoms with Gasteiger partial charge in [0.05, 0.1) is 0 Å². The number of piperidine rings is 1. The smallest absolute Gasteiger partial charge is 0.225 e. The van der Waals surface area contributed by atoms with Crippen LogP contribution in [0.15, 0.2) is 48.5 Å². The number of nitrogens with zero attached hydrogens (tertiary/aromatic N) is 1. The largest absolute Gasteiger partial charge is 0.339 e. The van der Waals surface area contributed by atoms with Gasteiger partial charge in [-0.15, -0.1) is 0 Å². The summed E-state index contributed by atoms with van der Waals surface area (Å²) in [5.41, 5.74) is 2.84. The van der Waals surface area contributed by atoms with Gasteiger partial charge in [0.15, 0.2) is 0 Å². The summed E-state index contributed by atoms with van der Waals surface area (Å²) in [6.07, 6.45) is 5.82. The SMILES string of the molecule is O=C(C1CCCCC1)N1C[C@@H]2N[C@H](C1)C2c1ccc(-c2ccccc2F)cc1. The van der Waals surface area contributed by atoms with Crippen LogP contribution < -0.4 is 5.32 Å². The van der Waals surface area contributed by atoms with Crippen LogP contribution in [0.4, 0.5) is 4.39 Å². The zero-order valence-corrected chi connectivity index (χ0v) is 16.1. The van der Waals surface area contributed by atoms with E-state index in [1.54, 1.807) is 6.07 Å². The molecular weight excluding hydrogens is 351 g/mol. The summed E-state index contributed by atoms with van der Waals surface area (Å²) in [6.45, 7) is 1.62. The average molecular weight is 378 g/mol. The van der Waals surface area contributed by atoms with Gasteiger partial charge in [-0.3, -0.25) is 4.79 Å². The fourth-order valence-electron chi connectivity index (χ4n) is 5.36. The topological polar surface area (TPSA) is 32.3 Å². The lowest BCUT2D eigenvalue weighted by Crippen LogP contribution is -2.72. The van der Waals surface area contributed by atoms with E-state index in [4.69, 9.17) is 0 Å². The van der Waals surface area contributed by atoms with Crippen LogP contribution in [0.5, 0.6) is 0 Å². The Labute approximate surface area is 165 Å². The van der Waals surface area contributed by atoms with E-state index in [0.29, 0.717) is 29.5 Å². The molecule has 2 aromatic rings. The third-order valence-electron chi connectivity index (χ3n) is 6.88. The van der Waals surface area contributed by atoms with Crippen molar-refractivity contribution in [2.75, 3.05) is 13.1 Å². The minimum Gasteiger partial charge on any atom is -0.339 e. The summed E-state index contributed by atoms with van der Waals surface area (Å²) in [7, 11) is 0. The van der Waals surface area contributed by atoms with Crippen LogP contribution in [0.1, 0.15) is 43.6 Å². The molecule has 3 saturated heterocycles. The monoisotopic (exact) mass is 378 g/mol. The number of rotatable bonds is 3. The van der Waals surface area contributed by atoms with E-state index in [0.717, 1.165) is 31.5 Å². The number of hydrogen-bond donors (Lipinski definition) is 1. The molecular formula is C24H27FN2O. The van der Waals surface area contributed by atoms with Crippen LogP contribution in [0.25, 0.3) is 11.1 Å². The van der Waals surface area contributed by atoms with Gasteiger partial charge in [-0.25, -0.2) is 4.39 Å². The van der Waals surface area contributed by atoms with Gasteiger partial charge in [0.25, 0.3) is 0 Å². The third-order valence-corrected chi connectivity index (χ3v) is 6.88. The molecule has 1 saturated carbocycles. The highest BCUT2D eigenvalue weighted by molar-refractivity contribution is 5.79. The molecule has 2 bridgehead atoms. The van der Waals surface area contributed by atoms with Crippen molar-refractivity contribution in [3.63, 3.8) is 0 Å². The molecule has 2 aromatic carbocycles. The van der Waals surface area contributed by atoms with Gasteiger partial charge in [0, 0.05) is 42.6 Å². The lowest BCUT2D eigenvalue weighted by atomic mass is 9.73. The fraction of sp³-hybridized carbons (Fsp3) is 0.458. The van der Waals surface area contributed by atoms with E-state index >= 15 is 0 Å². The Morgan fingerprint density at radius 3 is 2.29 bits per heavy atom. The lowest BCUT2D eigenvalue weighted by molar-refractivity contribution is -0.141. The molecule has 1 N–H and O–H groups in total. The molecule has 28 heavy (non-hydrogen) atoms. The van der Waals surface area contributed by atoms with Crippen molar-refractivity contribution >= 4 is 5.91 Å². The molecule has 3 atom stereocenters. The van der Waals surface area contributed by atoms with Crippen molar-refractivity contribution in [1.29, 1.82) is 0 Å². The minimum atomic E-state index is -0.186. The number of benzene rings is 2. The number of carbonyl (C=O) groups is 1. The Hall–Kier alpha value is -2.20. The second-order valence-electron chi connectivity index (χ2n) is 8.59. The van der Waals surface area contributed by atoms with Gasteiger partial charge in [-0.1, -0.05) is 61.7 Å². The molecule has 1 amide bonds. The van der Waals surface area contributed by atoms with Gasteiger partial charge in [0.2, 0.25) is 5.91 Å². The number of nitrogens with one attached hydrogen (secondary N) is 1. The first-order chi connectivity index (χ1) is 13.7. The molecule has 146 valence electrons. The second-order valence-corrected chi connectivity index (χ2v) is 8.59. The van der Waals surface area contributed by atoms with Gasteiger partial charge in [0.1, 0.15) is 5.82 Å². The summed E-state index contributed by atoms with van der Waals surface area (Å²) >= 11 is 0. The zero-order chi connectivity index (χ0) is 19.1. The maximum Gasteiger partial charge on any atom is 0.225 e. The first-order valence-corrected chi connectivity index (χ1v) is 10.6. The van der Waals surface area contributed by atoms with Crippen molar-refractivity contribution in [3.05, 3.63) is 59.9 Å². The van der Waals surface area contributed by atoms with Crippen LogP contribution in [0, 0.1) is 11.7 Å². The predicted molar refractivity (Wildman–Crippen MR) is 108 cm³/mol. The number of piperazine rings is 1. The van der Waals surface area contributed by atoms with Crippen molar-refractivity contribution in [3.8, 4) is 11.1 Å². The highest BCUT2D eigenvalue weighted by atomic mass is 19.1. The van der Waals surface area contributed by atoms with Crippen molar-refractivity contribution < 1.29 is 9.18 Å². The number of fused-ring (bicyclic) bond motifs is 2. The predicted octanol–water partition coefficient (Wildman–Crippen LogP) is 4.34. The van der Waals surface area contributed by atoms with E-state index in [1.165, 1.54) is 30.9 Å². The van der Waals surface area contributed by atoms with Gasteiger partial charge >= 0.3 is 0 Å². The third kappa shape index (κ3) is 3.14. The van der Waals surface area contributed by atoms with Crippen LogP contribution in [-0.4, -0.2) is 36.0 Å². The maximum atomic E-state index is 14.0. The van der Waals surface area contributed by atoms with Gasteiger partial charge in [-0.2, -0.15) is 0 Å². The molecule has 0 radical (unpaired) electrons. The summed E-state index contributed by atoms with van der Waals surface area (Å²) in [4.78, 5) is 15.0. The number of hydrogen-bond acceptors (Lipinski definition) is 2. The van der Waals surface area contributed by atoms with Crippen LogP contribution in [0.3, 0.4) is 0 Å². The summed E-state index contributed by atoms with van der Waals surface area (Å²) in [6, 6.07) is 15.9. The molecule has 6 rings (SSSR count). The van der Waals surface area contributed by atoms with Crippen molar-refractivity contribution in [2.45, 2.75) is 50.1 Å². The van der Waals surface area contributed by atoms with Crippen LogP contribution >= 0.6 is 0 Å². The molecule has 4 aliphatic rings. The molecule has 3 heterocycles. The number of amides is 1. The average Bonchev–Trinajstić information content (AvgIpc) is 2.75. The maximum absolute atomic E-state index is 14.0. The molecule has 3 aliphatic heterocycles. The molecule has 0 spiro atoms. The summed E-state index contributed by atoms with van der Waals surface area (Å²) in [5, 5.41) is 3.62. The molecule has 3 nitrogen and oxygen atoms in total. The molecule has 1 aliphatic carbocycles. The molecule has 1 unspecified atom stereocenters. The highest BCUT2D eigenvalue weighted by Gasteiger charge is 2.48. The summed E-state index contributed by atoms with van der Waals surface area (Å²) < 4.78 is 14.0. The van der Waals surface area contributed by atoms with E-state index in [9.17, 15) is 9.18 Å². The Bertz CT molecular complexity index is 847. The first kappa shape index (κ1) is 17.9. The van der Waals surface area contributed by atoms with Gasteiger partial charge < -0.3 is 10.2 Å². The van der Waals surface area contributed by atoms with Crippen molar-refractivity contribution in [2.24, 2.45) is 5.92 Å². The normalized spacial score (nSPS) is 27.3. The molecule has 4 fully saturated rings. The minimum absolute atomic E-state index is 0.186. The fourth-order valence-corrected chi connectivity index (χ4v) is 5.36. The quantitative estimate of drug-likeness (QED) is 0.862. The number of halogens is 1. The van der Waals surface area contributed by atoms with E-state index in [1.807, 2.05) is 24.3 Å². The van der Waals surface area contributed by atoms with Crippen molar-refractivity contribution in [1.82, 2.24) is 10.2 Å². The van der Waals surface area contributed by atoms with Crippen LogP contribution in [0.2, 0.25) is 0 Å². The highest BCUT2D eigenvalue weighted by Crippen LogP contribution is 2.38. The molecule has 0 aromatic heterocycles. The number of carbonyl (C=O) groups excluding carboxylic acids is 1. The van der Waals surface area contributed by atoms with E-state index in [2.05, 4.69) is 22.3 Å². The van der Waals surface area contributed by atoms with E-state index in [-0.39, 0.29) is 11.7 Å². The first-order valence-electron chi connectivity index (χ1n) is 10.6. The zero-order valence-electron chi connectivity index (χ0n) is 16.1. The lowest BCUT2D eigenvalue weighted by Gasteiger charge is -2.55. The van der Waals surface area contributed by atoms with Crippen LogP contribution in [-0.2, 0) is 4.79 Å². The summed E-state index contributed by atoms with van der Waals surface area (Å²) in [5.74, 6) is 0.897. The Balaban J connectivity index is 1.27. The Kier molecular flexibility index (Phi) is 4.67.